The fourth-order valence-corrected chi connectivity index (χ4v) is 2.36. The summed E-state index contributed by atoms with van der Waals surface area (Å²) in [6, 6.07) is 5.16. The van der Waals surface area contributed by atoms with Gasteiger partial charge in [0.25, 0.3) is 0 Å². The molecule has 100 valence electrons. The van der Waals surface area contributed by atoms with Gasteiger partial charge in [0.15, 0.2) is 0 Å². The molecule has 0 aliphatic carbocycles. The van der Waals surface area contributed by atoms with E-state index in [9.17, 15) is 4.79 Å². The van der Waals surface area contributed by atoms with Crippen LogP contribution < -0.4 is 5.73 Å². The summed E-state index contributed by atoms with van der Waals surface area (Å²) >= 11 is 1.42. The molecule has 0 aromatic carbocycles. The Morgan fingerprint density at radius 1 is 1.53 bits per heavy atom. The van der Waals surface area contributed by atoms with Crippen molar-refractivity contribution >= 4 is 23.4 Å². The van der Waals surface area contributed by atoms with Gasteiger partial charge in [-0.15, -0.1) is 0 Å². The number of aromatic nitrogens is 1. The van der Waals surface area contributed by atoms with Crippen molar-refractivity contribution in [2.24, 2.45) is 0 Å². The van der Waals surface area contributed by atoms with Gasteiger partial charge in [-0.1, -0.05) is 11.8 Å². The van der Waals surface area contributed by atoms with Crippen molar-refractivity contribution in [3.63, 3.8) is 0 Å². The molecule has 0 unspecified atom stereocenters. The standard InChI is InChI=1S/C13H14N2O3S/c1-2-17-13(16)9-5-7-18-11(9)8-19-12-10(14)4-3-6-15-12/h3-7H,2,8,14H2,1H3. The van der Waals surface area contributed by atoms with Crippen LogP contribution in [0.2, 0.25) is 0 Å². The van der Waals surface area contributed by atoms with Gasteiger partial charge in [0.05, 0.1) is 24.3 Å². The van der Waals surface area contributed by atoms with E-state index in [0.29, 0.717) is 34.4 Å². The quantitative estimate of drug-likeness (QED) is 0.669. The van der Waals surface area contributed by atoms with Gasteiger partial charge in [-0.05, 0) is 25.1 Å². The Balaban J connectivity index is 2.06. The normalized spacial score (nSPS) is 10.4. The van der Waals surface area contributed by atoms with Crippen LogP contribution in [-0.2, 0) is 10.5 Å². The van der Waals surface area contributed by atoms with Gasteiger partial charge in [0.2, 0.25) is 0 Å². The molecule has 0 saturated carbocycles. The molecule has 2 aromatic rings. The number of carbonyl (C=O) groups excluding carboxylic acids is 1. The minimum atomic E-state index is -0.374. The van der Waals surface area contributed by atoms with Crippen molar-refractivity contribution in [3.05, 3.63) is 42.0 Å². The van der Waals surface area contributed by atoms with Crippen LogP contribution in [-0.4, -0.2) is 17.6 Å². The lowest BCUT2D eigenvalue weighted by Crippen LogP contribution is -2.05. The second-order valence-electron chi connectivity index (χ2n) is 3.66. The summed E-state index contributed by atoms with van der Waals surface area (Å²) in [5, 5.41) is 0.716. The van der Waals surface area contributed by atoms with Gasteiger partial charge in [-0.25, -0.2) is 9.78 Å². The van der Waals surface area contributed by atoms with Gasteiger partial charge in [-0.2, -0.15) is 0 Å². The van der Waals surface area contributed by atoms with Crippen molar-refractivity contribution in [1.29, 1.82) is 0 Å². The number of ether oxygens (including phenoxy) is 1. The molecule has 2 heterocycles. The molecule has 5 nitrogen and oxygen atoms in total. The highest BCUT2D eigenvalue weighted by molar-refractivity contribution is 7.98. The first-order chi connectivity index (χ1) is 9.22. The fourth-order valence-electron chi connectivity index (χ4n) is 1.50. The highest BCUT2D eigenvalue weighted by Gasteiger charge is 2.16. The fraction of sp³-hybridized carbons (Fsp3) is 0.231. The average molecular weight is 278 g/mol. The summed E-state index contributed by atoms with van der Waals surface area (Å²) in [7, 11) is 0. The zero-order chi connectivity index (χ0) is 13.7. The summed E-state index contributed by atoms with van der Waals surface area (Å²) < 4.78 is 10.3. The molecule has 0 aliphatic rings. The Morgan fingerprint density at radius 2 is 2.37 bits per heavy atom. The third kappa shape index (κ3) is 3.29. The van der Waals surface area contributed by atoms with Gasteiger partial charge in [0, 0.05) is 6.20 Å². The molecule has 0 fully saturated rings. The van der Waals surface area contributed by atoms with E-state index in [0.717, 1.165) is 0 Å². The predicted molar refractivity (Wildman–Crippen MR) is 72.9 cm³/mol. The molecule has 0 aliphatic heterocycles. The number of nitrogens with zero attached hydrogens (tertiary/aromatic N) is 1. The maximum absolute atomic E-state index is 11.7. The molecule has 0 bridgehead atoms. The lowest BCUT2D eigenvalue weighted by Gasteiger charge is -2.04. The molecule has 0 atom stereocenters. The van der Waals surface area contributed by atoms with E-state index in [1.54, 1.807) is 31.3 Å². The van der Waals surface area contributed by atoms with E-state index in [1.165, 1.54) is 18.0 Å². The van der Waals surface area contributed by atoms with E-state index in [1.807, 2.05) is 0 Å². The molecule has 2 rings (SSSR count). The van der Waals surface area contributed by atoms with E-state index >= 15 is 0 Å². The number of esters is 1. The number of furan rings is 1. The van der Waals surface area contributed by atoms with E-state index in [4.69, 9.17) is 14.9 Å². The Morgan fingerprint density at radius 3 is 3.11 bits per heavy atom. The van der Waals surface area contributed by atoms with Crippen LogP contribution in [0.3, 0.4) is 0 Å². The molecule has 0 saturated heterocycles. The summed E-state index contributed by atoms with van der Waals surface area (Å²) in [6.07, 6.45) is 3.15. The minimum Gasteiger partial charge on any atom is -0.468 e. The number of hydrogen-bond donors (Lipinski definition) is 1. The van der Waals surface area contributed by atoms with Crippen LogP contribution in [0.25, 0.3) is 0 Å². The zero-order valence-electron chi connectivity index (χ0n) is 10.5. The van der Waals surface area contributed by atoms with E-state index < -0.39 is 0 Å². The van der Waals surface area contributed by atoms with E-state index in [2.05, 4.69) is 4.98 Å². The summed E-state index contributed by atoms with van der Waals surface area (Å²) in [5.74, 6) is 0.664. The largest absolute Gasteiger partial charge is 0.468 e. The second kappa shape index (κ2) is 6.29. The smallest absolute Gasteiger partial charge is 0.341 e. The average Bonchev–Trinajstić information content (AvgIpc) is 2.86. The summed E-state index contributed by atoms with van der Waals surface area (Å²) in [5.41, 5.74) is 6.86. The van der Waals surface area contributed by atoms with E-state index in [-0.39, 0.29) is 5.97 Å². The van der Waals surface area contributed by atoms with Crippen molar-refractivity contribution < 1.29 is 13.9 Å². The highest BCUT2D eigenvalue weighted by atomic mass is 32.2. The van der Waals surface area contributed by atoms with Crippen molar-refractivity contribution in [2.45, 2.75) is 17.7 Å². The van der Waals surface area contributed by atoms with Crippen molar-refractivity contribution in [2.75, 3.05) is 12.3 Å². The van der Waals surface area contributed by atoms with Crippen LogP contribution in [0.5, 0.6) is 0 Å². The Labute approximate surface area is 115 Å². The zero-order valence-corrected chi connectivity index (χ0v) is 11.3. The number of nitrogen functional groups attached to an aromatic ring is 1. The molecular weight excluding hydrogens is 264 g/mol. The Bertz CT molecular complexity index is 569. The molecule has 6 heteroatoms. The molecule has 0 amide bonds. The van der Waals surface area contributed by atoms with Crippen molar-refractivity contribution in [1.82, 2.24) is 4.98 Å². The van der Waals surface area contributed by atoms with Gasteiger partial charge in [-0.3, -0.25) is 0 Å². The monoisotopic (exact) mass is 278 g/mol. The van der Waals surface area contributed by atoms with Crippen LogP contribution in [0, 0.1) is 0 Å². The lowest BCUT2D eigenvalue weighted by atomic mass is 10.3. The summed E-state index contributed by atoms with van der Waals surface area (Å²) in [4.78, 5) is 15.8. The molecule has 2 N–H and O–H groups in total. The van der Waals surface area contributed by atoms with Crippen LogP contribution in [0.4, 0.5) is 5.69 Å². The number of thioether (sulfide) groups is 1. The molecule has 0 radical (unpaired) electrons. The number of nitrogens with two attached hydrogens (primary N) is 1. The highest BCUT2D eigenvalue weighted by Crippen LogP contribution is 2.27. The number of carbonyl (C=O) groups is 1. The first-order valence-corrected chi connectivity index (χ1v) is 6.77. The third-order valence-corrected chi connectivity index (χ3v) is 3.40. The Kier molecular flexibility index (Phi) is 4.46. The number of anilines is 1. The van der Waals surface area contributed by atoms with Gasteiger partial charge >= 0.3 is 5.97 Å². The van der Waals surface area contributed by atoms with Crippen LogP contribution in [0.15, 0.2) is 40.1 Å². The molecular formula is C13H14N2O3S. The third-order valence-electron chi connectivity index (χ3n) is 2.38. The number of hydrogen-bond acceptors (Lipinski definition) is 6. The van der Waals surface area contributed by atoms with Gasteiger partial charge in [0.1, 0.15) is 16.3 Å². The molecule has 0 spiro atoms. The lowest BCUT2D eigenvalue weighted by molar-refractivity contribution is 0.0524. The van der Waals surface area contributed by atoms with Crippen LogP contribution >= 0.6 is 11.8 Å². The van der Waals surface area contributed by atoms with Crippen molar-refractivity contribution in [3.8, 4) is 0 Å². The predicted octanol–water partition coefficient (Wildman–Crippen LogP) is 2.73. The topological polar surface area (TPSA) is 78.3 Å². The summed E-state index contributed by atoms with van der Waals surface area (Å²) in [6.45, 7) is 2.10. The van der Waals surface area contributed by atoms with Gasteiger partial charge < -0.3 is 14.9 Å². The second-order valence-corrected chi connectivity index (χ2v) is 4.63. The Hall–Kier alpha value is -1.95. The molecule has 2 aromatic heterocycles. The number of rotatable bonds is 5. The first-order valence-electron chi connectivity index (χ1n) is 5.79. The minimum absolute atomic E-state index is 0.337. The molecule has 19 heavy (non-hydrogen) atoms. The maximum Gasteiger partial charge on any atom is 0.341 e. The number of pyridine rings is 1. The van der Waals surface area contributed by atoms with Crippen LogP contribution in [0.1, 0.15) is 23.0 Å². The SMILES string of the molecule is CCOC(=O)c1ccoc1CSc1ncccc1N. The maximum atomic E-state index is 11.7. The first kappa shape index (κ1) is 13.5.